The molecule has 5 rings (SSSR count). The monoisotopic (exact) mass is 374 g/mol. The van der Waals surface area contributed by atoms with E-state index >= 15 is 0 Å². The highest BCUT2D eigenvalue weighted by Crippen LogP contribution is 2.33. The molecule has 0 amide bonds. The topological polar surface area (TPSA) is 52.5 Å². The van der Waals surface area contributed by atoms with Gasteiger partial charge >= 0.3 is 0 Å². The summed E-state index contributed by atoms with van der Waals surface area (Å²) in [6, 6.07) is 14.3. The van der Waals surface area contributed by atoms with E-state index in [4.69, 9.17) is 9.97 Å². The van der Waals surface area contributed by atoms with Gasteiger partial charge in [-0.1, -0.05) is 24.6 Å². The Balaban J connectivity index is 1.62. The van der Waals surface area contributed by atoms with Crippen LogP contribution in [-0.4, -0.2) is 52.2 Å². The van der Waals surface area contributed by atoms with Crippen molar-refractivity contribution in [3.8, 4) is 17.1 Å². The normalized spacial score (nSPS) is 20.3. The number of hydrogen-bond donors (Lipinski definition) is 1. The molecule has 2 aliphatic rings. The summed E-state index contributed by atoms with van der Waals surface area (Å²) in [5, 5.41) is 11.4. The van der Waals surface area contributed by atoms with Gasteiger partial charge in [-0.3, -0.25) is 4.90 Å². The lowest BCUT2D eigenvalue weighted by Gasteiger charge is -2.44. The number of hydrogen-bond acceptors (Lipinski definition) is 5. The largest absolute Gasteiger partial charge is 0.507 e. The van der Waals surface area contributed by atoms with Crippen molar-refractivity contribution in [2.75, 3.05) is 31.1 Å². The number of rotatable bonds is 2. The van der Waals surface area contributed by atoms with Gasteiger partial charge in [0.1, 0.15) is 11.6 Å². The van der Waals surface area contributed by atoms with Crippen LogP contribution in [0, 0.1) is 6.92 Å². The van der Waals surface area contributed by atoms with Gasteiger partial charge in [0.2, 0.25) is 0 Å². The second-order valence-corrected chi connectivity index (χ2v) is 8.04. The minimum Gasteiger partial charge on any atom is -0.507 e. The molecule has 3 heterocycles. The lowest BCUT2D eigenvalue weighted by Crippen LogP contribution is -2.55. The molecule has 1 atom stereocenters. The summed E-state index contributed by atoms with van der Waals surface area (Å²) < 4.78 is 0. The SMILES string of the molecule is Cc1ccc2c(N3CCN4CCCCC4C3)nc(-c3ccccc3O)nc2c1. The van der Waals surface area contributed by atoms with E-state index in [1.54, 1.807) is 6.07 Å². The Labute approximate surface area is 165 Å². The van der Waals surface area contributed by atoms with Crippen molar-refractivity contribution in [3.63, 3.8) is 0 Å². The van der Waals surface area contributed by atoms with Crippen molar-refractivity contribution >= 4 is 16.7 Å². The van der Waals surface area contributed by atoms with E-state index in [1.807, 2.05) is 18.2 Å². The number of phenolic OH excluding ortho intramolecular Hbond substituents is 1. The number of para-hydroxylation sites is 1. The van der Waals surface area contributed by atoms with Crippen molar-refractivity contribution in [2.45, 2.75) is 32.2 Å². The zero-order valence-electron chi connectivity index (χ0n) is 16.3. The molecule has 1 aromatic heterocycles. The Morgan fingerprint density at radius 1 is 1.00 bits per heavy atom. The Kier molecular flexibility index (Phi) is 4.40. The smallest absolute Gasteiger partial charge is 0.165 e. The van der Waals surface area contributed by atoms with Crippen LogP contribution >= 0.6 is 0 Å². The number of anilines is 1. The molecular weight excluding hydrogens is 348 g/mol. The number of benzene rings is 2. The molecule has 0 saturated carbocycles. The van der Waals surface area contributed by atoms with Gasteiger partial charge in [-0.2, -0.15) is 0 Å². The zero-order chi connectivity index (χ0) is 19.1. The summed E-state index contributed by atoms with van der Waals surface area (Å²) in [6.45, 7) is 6.40. The molecule has 5 heteroatoms. The summed E-state index contributed by atoms with van der Waals surface area (Å²) in [5.74, 6) is 1.81. The number of aryl methyl sites for hydroxylation is 1. The fraction of sp³-hybridized carbons (Fsp3) is 0.391. The first kappa shape index (κ1) is 17.4. The molecular formula is C23H26N4O. The quantitative estimate of drug-likeness (QED) is 0.735. The number of piperazine rings is 1. The van der Waals surface area contributed by atoms with Gasteiger partial charge in [0.15, 0.2) is 5.82 Å². The van der Waals surface area contributed by atoms with Crippen molar-refractivity contribution in [3.05, 3.63) is 48.0 Å². The van der Waals surface area contributed by atoms with Crippen molar-refractivity contribution < 1.29 is 5.11 Å². The number of piperidine rings is 1. The number of fused-ring (bicyclic) bond motifs is 2. The molecule has 2 aromatic carbocycles. The fourth-order valence-corrected chi connectivity index (χ4v) is 4.60. The van der Waals surface area contributed by atoms with Gasteiger partial charge in [-0.25, -0.2) is 9.97 Å². The highest BCUT2D eigenvalue weighted by molar-refractivity contribution is 5.92. The van der Waals surface area contributed by atoms with Crippen LogP contribution in [0.1, 0.15) is 24.8 Å². The van der Waals surface area contributed by atoms with E-state index in [9.17, 15) is 5.11 Å². The minimum atomic E-state index is 0.220. The van der Waals surface area contributed by atoms with Gasteiger partial charge in [-0.05, 0) is 56.1 Å². The van der Waals surface area contributed by atoms with Crippen LogP contribution in [0.5, 0.6) is 5.75 Å². The molecule has 0 aliphatic carbocycles. The lowest BCUT2D eigenvalue weighted by molar-refractivity contribution is 0.133. The van der Waals surface area contributed by atoms with Crippen molar-refractivity contribution in [1.29, 1.82) is 0 Å². The Morgan fingerprint density at radius 3 is 2.79 bits per heavy atom. The third-order valence-electron chi connectivity index (χ3n) is 6.11. The molecule has 28 heavy (non-hydrogen) atoms. The number of phenols is 1. The second kappa shape index (κ2) is 7.06. The van der Waals surface area contributed by atoms with Gasteiger partial charge in [0.05, 0.1) is 11.1 Å². The first-order valence-electron chi connectivity index (χ1n) is 10.2. The molecule has 0 radical (unpaired) electrons. The molecule has 3 aromatic rings. The first-order valence-corrected chi connectivity index (χ1v) is 10.2. The van der Waals surface area contributed by atoms with Crippen LogP contribution in [0.2, 0.25) is 0 Å². The summed E-state index contributed by atoms with van der Waals surface area (Å²) >= 11 is 0. The summed E-state index contributed by atoms with van der Waals surface area (Å²) in [4.78, 5) is 14.8. The molecule has 2 aliphatic heterocycles. The summed E-state index contributed by atoms with van der Waals surface area (Å²) in [5.41, 5.74) is 2.80. The molecule has 1 N–H and O–H groups in total. The van der Waals surface area contributed by atoms with Crippen LogP contribution in [0.4, 0.5) is 5.82 Å². The first-order chi connectivity index (χ1) is 13.7. The van der Waals surface area contributed by atoms with E-state index in [0.717, 1.165) is 36.4 Å². The van der Waals surface area contributed by atoms with E-state index in [-0.39, 0.29) is 5.75 Å². The third-order valence-corrected chi connectivity index (χ3v) is 6.11. The van der Waals surface area contributed by atoms with Gasteiger partial charge < -0.3 is 10.0 Å². The van der Waals surface area contributed by atoms with Crippen molar-refractivity contribution in [1.82, 2.24) is 14.9 Å². The molecule has 0 spiro atoms. The van der Waals surface area contributed by atoms with Crippen LogP contribution in [0.3, 0.4) is 0 Å². The van der Waals surface area contributed by atoms with E-state index in [1.165, 1.54) is 31.4 Å². The van der Waals surface area contributed by atoms with Crippen LogP contribution in [0.25, 0.3) is 22.3 Å². The summed E-state index contributed by atoms with van der Waals surface area (Å²) in [6.07, 6.45) is 3.91. The van der Waals surface area contributed by atoms with Gasteiger partial charge in [-0.15, -0.1) is 0 Å². The maximum Gasteiger partial charge on any atom is 0.165 e. The number of aromatic nitrogens is 2. The predicted octanol–water partition coefficient (Wildman–Crippen LogP) is 3.99. The maximum absolute atomic E-state index is 10.3. The van der Waals surface area contributed by atoms with E-state index in [0.29, 0.717) is 17.4 Å². The van der Waals surface area contributed by atoms with Crippen molar-refractivity contribution in [2.24, 2.45) is 0 Å². The Hall–Kier alpha value is -2.66. The Morgan fingerprint density at radius 2 is 1.89 bits per heavy atom. The van der Waals surface area contributed by atoms with E-state index < -0.39 is 0 Å². The van der Waals surface area contributed by atoms with E-state index in [2.05, 4.69) is 34.9 Å². The molecule has 144 valence electrons. The molecule has 2 fully saturated rings. The zero-order valence-corrected chi connectivity index (χ0v) is 16.3. The molecule has 5 nitrogen and oxygen atoms in total. The van der Waals surface area contributed by atoms with Crippen LogP contribution in [-0.2, 0) is 0 Å². The third kappa shape index (κ3) is 3.10. The molecule has 2 saturated heterocycles. The standard InChI is InChI=1S/C23H26N4O/c1-16-9-10-18-20(14-16)24-22(19-7-2-3-8-21(19)28)25-23(18)27-13-12-26-11-5-4-6-17(26)15-27/h2-3,7-10,14,17,28H,4-6,11-13,15H2,1H3. The van der Waals surface area contributed by atoms with Gasteiger partial charge in [0.25, 0.3) is 0 Å². The highest BCUT2D eigenvalue weighted by atomic mass is 16.3. The number of nitrogens with zero attached hydrogens (tertiary/aromatic N) is 4. The fourth-order valence-electron chi connectivity index (χ4n) is 4.60. The molecule has 1 unspecified atom stereocenters. The average molecular weight is 374 g/mol. The van der Waals surface area contributed by atoms with Crippen LogP contribution in [0.15, 0.2) is 42.5 Å². The highest BCUT2D eigenvalue weighted by Gasteiger charge is 2.30. The lowest BCUT2D eigenvalue weighted by atomic mass is 9.99. The maximum atomic E-state index is 10.3. The number of aromatic hydroxyl groups is 1. The summed E-state index contributed by atoms with van der Waals surface area (Å²) in [7, 11) is 0. The Bertz CT molecular complexity index is 1020. The van der Waals surface area contributed by atoms with Gasteiger partial charge in [0, 0.05) is 31.1 Å². The minimum absolute atomic E-state index is 0.220. The van der Waals surface area contributed by atoms with Crippen LogP contribution < -0.4 is 4.90 Å². The second-order valence-electron chi connectivity index (χ2n) is 8.04. The average Bonchev–Trinajstić information content (AvgIpc) is 2.72. The molecule has 0 bridgehead atoms. The predicted molar refractivity (Wildman–Crippen MR) is 113 cm³/mol.